The third-order valence-corrected chi connectivity index (χ3v) is 7.04. The molecule has 2 aliphatic rings. The number of aromatic nitrogens is 5. The maximum absolute atomic E-state index is 13.2. The lowest BCUT2D eigenvalue weighted by Crippen LogP contribution is -2.36. The SMILES string of the molecule is CCCc1cc2c(N3CCn4c(nnc4C(F)(F)F)C3)nc(N3CCCC3)nc2s1.CNC(C)=O. The lowest BCUT2D eigenvalue weighted by Gasteiger charge is -2.30. The number of nitrogens with zero attached hydrogens (tertiary/aromatic N) is 7. The lowest BCUT2D eigenvalue weighted by molar-refractivity contribution is -0.147. The highest BCUT2D eigenvalue weighted by Crippen LogP contribution is 2.36. The normalized spacial score (nSPS) is 15.7. The minimum atomic E-state index is -4.50. The number of thiophene rings is 1. The van der Waals surface area contributed by atoms with Crippen molar-refractivity contribution in [3.05, 3.63) is 22.6 Å². The van der Waals surface area contributed by atoms with Crippen molar-refractivity contribution < 1.29 is 18.0 Å². The number of anilines is 2. The average molecular weight is 511 g/mol. The Morgan fingerprint density at radius 3 is 2.46 bits per heavy atom. The molecule has 0 spiro atoms. The fourth-order valence-electron chi connectivity index (χ4n) is 4.16. The Kier molecular flexibility index (Phi) is 7.43. The zero-order valence-corrected chi connectivity index (χ0v) is 20.8. The second-order valence-corrected chi connectivity index (χ2v) is 9.66. The molecular formula is C22H29F3N8OS. The van der Waals surface area contributed by atoms with Gasteiger partial charge in [-0.05, 0) is 25.3 Å². The van der Waals surface area contributed by atoms with Crippen molar-refractivity contribution in [1.82, 2.24) is 30.0 Å². The second kappa shape index (κ2) is 10.3. The molecule has 0 bridgehead atoms. The molecule has 1 saturated heterocycles. The van der Waals surface area contributed by atoms with Crippen molar-refractivity contribution in [2.45, 2.75) is 58.8 Å². The fourth-order valence-corrected chi connectivity index (χ4v) is 5.28. The van der Waals surface area contributed by atoms with Crippen molar-refractivity contribution in [2.24, 2.45) is 0 Å². The molecule has 1 N–H and O–H groups in total. The van der Waals surface area contributed by atoms with E-state index < -0.39 is 12.0 Å². The highest BCUT2D eigenvalue weighted by atomic mass is 32.1. The third-order valence-electron chi connectivity index (χ3n) is 5.96. The number of amides is 1. The summed E-state index contributed by atoms with van der Waals surface area (Å²) in [5.41, 5.74) is 0. The summed E-state index contributed by atoms with van der Waals surface area (Å²) in [5, 5.41) is 10.6. The summed E-state index contributed by atoms with van der Waals surface area (Å²) < 4.78 is 40.7. The molecule has 0 radical (unpaired) electrons. The van der Waals surface area contributed by atoms with Gasteiger partial charge in [-0.3, -0.25) is 4.79 Å². The van der Waals surface area contributed by atoms with E-state index in [2.05, 4.69) is 33.4 Å². The first-order valence-corrected chi connectivity index (χ1v) is 12.5. The minimum Gasteiger partial charge on any atom is -0.359 e. The Morgan fingerprint density at radius 2 is 1.83 bits per heavy atom. The van der Waals surface area contributed by atoms with Gasteiger partial charge in [-0.1, -0.05) is 13.3 Å². The molecule has 5 heterocycles. The fraction of sp³-hybridized carbons (Fsp3) is 0.591. The first kappa shape index (κ1) is 25.1. The van der Waals surface area contributed by atoms with Crippen molar-refractivity contribution in [3.8, 4) is 0 Å². The predicted octanol–water partition coefficient (Wildman–Crippen LogP) is 3.63. The van der Waals surface area contributed by atoms with Crippen molar-refractivity contribution in [1.29, 1.82) is 0 Å². The summed E-state index contributed by atoms with van der Waals surface area (Å²) in [4.78, 5) is 25.8. The van der Waals surface area contributed by atoms with E-state index in [1.807, 2.05) is 4.90 Å². The zero-order chi connectivity index (χ0) is 25.2. The van der Waals surface area contributed by atoms with Crippen LogP contribution in [0, 0.1) is 0 Å². The Hall–Kier alpha value is -2.96. The van der Waals surface area contributed by atoms with Gasteiger partial charge in [-0.2, -0.15) is 18.2 Å². The van der Waals surface area contributed by atoms with Gasteiger partial charge in [0.15, 0.2) is 5.82 Å². The van der Waals surface area contributed by atoms with Gasteiger partial charge in [0, 0.05) is 45.0 Å². The summed E-state index contributed by atoms with van der Waals surface area (Å²) in [5.74, 6) is 0.881. The molecule has 9 nitrogen and oxygen atoms in total. The van der Waals surface area contributed by atoms with E-state index in [1.165, 1.54) is 16.4 Å². The van der Waals surface area contributed by atoms with Crippen LogP contribution in [0.25, 0.3) is 10.2 Å². The van der Waals surface area contributed by atoms with Gasteiger partial charge in [-0.25, -0.2) is 4.98 Å². The molecule has 2 aliphatic heterocycles. The van der Waals surface area contributed by atoms with Crippen molar-refractivity contribution in [3.63, 3.8) is 0 Å². The number of fused-ring (bicyclic) bond motifs is 2. The van der Waals surface area contributed by atoms with Crippen LogP contribution in [0.15, 0.2) is 6.07 Å². The Morgan fingerprint density at radius 1 is 1.11 bits per heavy atom. The molecule has 1 fully saturated rings. The Labute approximate surface area is 205 Å². The summed E-state index contributed by atoms with van der Waals surface area (Å²) in [6.07, 6.45) is -0.240. The highest BCUT2D eigenvalue weighted by Gasteiger charge is 2.39. The van der Waals surface area contributed by atoms with E-state index in [-0.39, 0.29) is 19.0 Å². The molecule has 3 aromatic rings. The van der Waals surface area contributed by atoms with Crippen LogP contribution in [0.1, 0.15) is 49.6 Å². The predicted molar refractivity (Wildman–Crippen MR) is 129 cm³/mol. The van der Waals surface area contributed by atoms with Gasteiger partial charge < -0.3 is 19.7 Å². The zero-order valence-electron chi connectivity index (χ0n) is 20.0. The summed E-state index contributed by atoms with van der Waals surface area (Å²) in [7, 11) is 1.60. The third kappa shape index (κ3) is 5.49. The van der Waals surface area contributed by atoms with E-state index in [4.69, 9.17) is 9.97 Å². The average Bonchev–Trinajstić information content (AvgIpc) is 3.56. The molecule has 0 unspecified atom stereocenters. The molecule has 0 aliphatic carbocycles. The maximum Gasteiger partial charge on any atom is 0.451 e. The summed E-state index contributed by atoms with van der Waals surface area (Å²) in [6.45, 7) is 6.31. The van der Waals surface area contributed by atoms with Gasteiger partial charge in [0.05, 0.1) is 11.9 Å². The van der Waals surface area contributed by atoms with E-state index >= 15 is 0 Å². The number of rotatable bonds is 4. The van der Waals surface area contributed by atoms with Gasteiger partial charge in [-0.15, -0.1) is 21.5 Å². The largest absolute Gasteiger partial charge is 0.451 e. The first-order valence-electron chi connectivity index (χ1n) is 11.7. The standard InChI is InChI=1S/C19H22F3N7S.C3H7NO/c1-2-5-12-10-13-15(23-18(24-16(13)30-12)27-6-3-4-7-27)28-8-9-29-14(11-28)25-26-17(29)19(20,21)22;1-3(5)4-2/h10H,2-9,11H2,1H3;1-2H3,(H,4,5). The number of carbonyl (C=O) groups excluding carboxylic acids is 1. The van der Waals surface area contributed by atoms with E-state index in [9.17, 15) is 18.0 Å². The second-order valence-electron chi connectivity index (χ2n) is 8.54. The number of nitrogens with one attached hydrogen (secondary N) is 1. The van der Waals surface area contributed by atoms with Gasteiger partial charge in [0.25, 0.3) is 0 Å². The van der Waals surface area contributed by atoms with Gasteiger partial charge >= 0.3 is 6.18 Å². The monoisotopic (exact) mass is 510 g/mol. The van der Waals surface area contributed by atoms with Gasteiger partial charge in [0.1, 0.15) is 10.6 Å². The highest BCUT2D eigenvalue weighted by molar-refractivity contribution is 7.18. The quantitative estimate of drug-likeness (QED) is 0.573. The van der Waals surface area contributed by atoms with Crippen LogP contribution in [0.3, 0.4) is 0 Å². The number of hydrogen-bond donors (Lipinski definition) is 1. The molecule has 0 aromatic carbocycles. The van der Waals surface area contributed by atoms with Crippen LogP contribution < -0.4 is 15.1 Å². The minimum absolute atomic E-state index is 0.00463. The first-order chi connectivity index (χ1) is 16.7. The van der Waals surface area contributed by atoms with Crippen LogP contribution in [0.2, 0.25) is 0 Å². The molecule has 0 saturated carbocycles. The van der Waals surface area contributed by atoms with E-state index in [1.54, 1.807) is 18.4 Å². The van der Waals surface area contributed by atoms with Gasteiger partial charge in [0.2, 0.25) is 17.7 Å². The van der Waals surface area contributed by atoms with Crippen LogP contribution in [-0.2, 0) is 30.5 Å². The molecular weight excluding hydrogens is 481 g/mol. The molecule has 1 amide bonds. The number of hydrogen-bond acceptors (Lipinski definition) is 8. The number of halogens is 3. The van der Waals surface area contributed by atoms with Crippen LogP contribution in [0.4, 0.5) is 24.9 Å². The molecule has 13 heteroatoms. The molecule has 5 rings (SSSR count). The smallest absolute Gasteiger partial charge is 0.359 e. The Balaban J connectivity index is 0.000000527. The molecule has 35 heavy (non-hydrogen) atoms. The number of aryl methyl sites for hydroxylation is 1. The van der Waals surface area contributed by atoms with Crippen LogP contribution in [0.5, 0.6) is 0 Å². The summed E-state index contributed by atoms with van der Waals surface area (Å²) >= 11 is 1.68. The molecule has 3 aromatic heterocycles. The Bertz CT molecular complexity index is 1190. The van der Waals surface area contributed by atoms with Crippen LogP contribution >= 0.6 is 11.3 Å². The maximum atomic E-state index is 13.2. The van der Waals surface area contributed by atoms with Crippen molar-refractivity contribution >= 4 is 39.2 Å². The lowest BCUT2D eigenvalue weighted by atomic mass is 10.2. The van der Waals surface area contributed by atoms with E-state index in [0.717, 1.165) is 54.8 Å². The number of alkyl halides is 3. The van der Waals surface area contributed by atoms with Crippen molar-refractivity contribution in [2.75, 3.05) is 36.5 Å². The topological polar surface area (TPSA) is 92.1 Å². The van der Waals surface area contributed by atoms with E-state index in [0.29, 0.717) is 18.3 Å². The molecule has 0 atom stereocenters. The van der Waals surface area contributed by atoms with Crippen LogP contribution in [-0.4, -0.2) is 57.3 Å². The number of carbonyl (C=O) groups is 1. The summed E-state index contributed by atoms with van der Waals surface area (Å²) in [6, 6.07) is 2.13. The molecule has 190 valence electrons.